The van der Waals surface area contributed by atoms with Gasteiger partial charge < -0.3 is 9.88 Å². The number of anilines is 1. The van der Waals surface area contributed by atoms with E-state index in [1.807, 2.05) is 23.7 Å². The molecule has 0 aliphatic rings. The predicted octanol–water partition coefficient (Wildman–Crippen LogP) is 5.17. The van der Waals surface area contributed by atoms with E-state index in [9.17, 15) is 4.79 Å². The summed E-state index contributed by atoms with van der Waals surface area (Å²) >= 11 is 19.0. The molecule has 26 heavy (non-hydrogen) atoms. The average Bonchev–Trinajstić information content (AvgIpc) is 2.93. The predicted molar refractivity (Wildman–Crippen MR) is 107 cm³/mol. The molecular formula is C17H13Cl3N4OS. The second kappa shape index (κ2) is 8.31. The van der Waals surface area contributed by atoms with Crippen molar-refractivity contribution in [3.05, 3.63) is 57.5 Å². The van der Waals surface area contributed by atoms with E-state index in [0.29, 0.717) is 31.7 Å². The van der Waals surface area contributed by atoms with Crippen molar-refractivity contribution in [1.29, 1.82) is 0 Å². The van der Waals surface area contributed by atoms with Crippen LogP contribution in [0.4, 0.5) is 5.69 Å². The lowest BCUT2D eigenvalue weighted by Crippen LogP contribution is -2.14. The third-order valence-electron chi connectivity index (χ3n) is 3.42. The normalized spacial score (nSPS) is 10.8. The van der Waals surface area contributed by atoms with Crippen LogP contribution < -0.4 is 5.32 Å². The van der Waals surface area contributed by atoms with Gasteiger partial charge in [-0.1, -0.05) is 46.6 Å². The number of carbonyl (C=O) groups excluding carboxylic acids is 1. The van der Waals surface area contributed by atoms with Crippen LogP contribution in [0.5, 0.6) is 0 Å². The number of hydrogen-bond acceptors (Lipinski definition) is 4. The summed E-state index contributed by atoms with van der Waals surface area (Å²) in [7, 11) is 1.85. The van der Waals surface area contributed by atoms with Crippen molar-refractivity contribution in [3.63, 3.8) is 0 Å². The summed E-state index contributed by atoms with van der Waals surface area (Å²) < 4.78 is 1.83. The number of aromatic nitrogens is 3. The molecule has 0 aliphatic heterocycles. The lowest BCUT2D eigenvalue weighted by molar-refractivity contribution is -0.113. The molecule has 3 rings (SSSR count). The molecule has 9 heteroatoms. The number of rotatable bonds is 5. The highest BCUT2D eigenvalue weighted by molar-refractivity contribution is 7.99. The number of halogens is 3. The third-order valence-corrected chi connectivity index (χ3v) is 5.12. The highest BCUT2D eigenvalue weighted by Crippen LogP contribution is 2.25. The molecule has 1 aromatic heterocycles. The molecule has 0 saturated carbocycles. The largest absolute Gasteiger partial charge is 0.325 e. The summed E-state index contributed by atoms with van der Waals surface area (Å²) in [4.78, 5) is 12.1. The number of nitrogens with one attached hydrogen (secondary N) is 1. The van der Waals surface area contributed by atoms with Crippen LogP contribution in [0.15, 0.2) is 47.6 Å². The van der Waals surface area contributed by atoms with Gasteiger partial charge in [-0.2, -0.15) is 0 Å². The highest BCUT2D eigenvalue weighted by Gasteiger charge is 2.13. The van der Waals surface area contributed by atoms with E-state index >= 15 is 0 Å². The van der Waals surface area contributed by atoms with Crippen LogP contribution in [0.25, 0.3) is 11.4 Å². The van der Waals surface area contributed by atoms with Crippen LogP contribution >= 0.6 is 46.6 Å². The minimum absolute atomic E-state index is 0.177. The van der Waals surface area contributed by atoms with Crippen molar-refractivity contribution in [3.8, 4) is 11.4 Å². The fourth-order valence-electron chi connectivity index (χ4n) is 2.24. The van der Waals surface area contributed by atoms with Crippen LogP contribution in [0.3, 0.4) is 0 Å². The van der Waals surface area contributed by atoms with Crippen molar-refractivity contribution in [2.24, 2.45) is 7.05 Å². The number of thioether (sulfide) groups is 1. The number of amides is 1. The molecule has 0 fully saturated rings. The van der Waals surface area contributed by atoms with Gasteiger partial charge in [-0.05, 0) is 42.5 Å². The first kappa shape index (κ1) is 19.0. The van der Waals surface area contributed by atoms with Crippen molar-refractivity contribution in [2.75, 3.05) is 11.1 Å². The first-order valence-electron chi connectivity index (χ1n) is 7.46. The minimum atomic E-state index is -0.190. The maximum absolute atomic E-state index is 12.1. The van der Waals surface area contributed by atoms with E-state index in [-0.39, 0.29) is 11.7 Å². The van der Waals surface area contributed by atoms with Gasteiger partial charge in [0.05, 0.1) is 5.75 Å². The van der Waals surface area contributed by atoms with E-state index in [2.05, 4.69) is 15.5 Å². The summed E-state index contributed by atoms with van der Waals surface area (Å²) in [6.45, 7) is 0. The molecule has 5 nitrogen and oxygen atoms in total. The fraction of sp³-hybridized carbons (Fsp3) is 0.118. The van der Waals surface area contributed by atoms with Gasteiger partial charge >= 0.3 is 0 Å². The Kier molecular flexibility index (Phi) is 6.09. The maximum Gasteiger partial charge on any atom is 0.234 e. The molecule has 1 N–H and O–H groups in total. The fourth-order valence-corrected chi connectivity index (χ4v) is 3.61. The maximum atomic E-state index is 12.1. The molecule has 2 aromatic carbocycles. The van der Waals surface area contributed by atoms with Crippen LogP contribution in [0.2, 0.25) is 15.1 Å². The zero-order chi connectivity index (χ0) is 18.7. The monoisotopic (exact) mass is 426 g/mol. The van der Waals surface area contributed by atoms with Crippen molar-refractivity contribution < 1.29 is 4.79 Å². The van der Waals surface area contributed by atoms with Gasteiger partial charge in [0.25, 0.3) is 0 Å². The molecule has 0 spiro atoms. The van der Waals surface area contributed by atoms with Crippen LogP contribution in [-0.4, -0.2) is 26.4 Å². The van der Waals surface area contributed by atoms with Crippen molar-refractivity contribution in [2.45, 2.75) is 5.16 Å². The minimum Gasteiger partial charge on any atom is -0.325 e. The Balaban J connectivity index is 1.64. The van der Waals surface area contributed by atoms with Crippen LogP contribution in [-0.2, 0) is 11.8 Å². The molecule has 134 valence electrons. The summed E-state index contributed by atoms with van der Waals surface area (Å²) in [5, 5.41) is 13.3. The second-order valence-corrected chi connectivity index (χ2v) is 7.62. The number of carbonyl (C=O) groups is 1. The zero-order valence-electron chi connectivity index (χ0n) is 13.5. The molecule has 0 saturated heterocycles. The zero-order valence-corrected chi connectivity index (χ0v) is 16.6. The van der Waals surface area contributed by atoms with Gasteiger partial charge in [0.1, 0.15) is 0 Å². The number of nitrogens with zero attached hydrogens (tertiary/aromatic N) is 3. The van der Waals surface area contributed by atoms with Crippen molar-refractivity contribution >= 4 is 58.2 Å². The van der Waals surface area contributed by atoms with Crippen LogP contribution in [0.1, 0.15) is 0 Å². The van der Waals surface area contributed by atoms with Gasteiger partial charge in [0.15, 0.2) is 11.0 Å². The third kappa shape index (κ3) is 4.71. The Labute approximate surface area is 169 Å². The van der Waals surface area contributed by atoms with E-state index in [1.54, 1.807) is 30.3 Å². The van der Waals surface area contributed by atoms with E-state index in [0.717, 1.165) is 5.56 Å². The Hall–Kier alpha value is -1.73. The summed E-state index contributed by atoms with van der Waals surface area (Å²) in [6, 6.07) is 12.2. The Morgan fingerprint density at radius 1 is 1.04 bits per heavy atom. The van der Waals surface area contributed by atoms with E-state index in [4.69, 9.17) is 34.8 Å². The van der Waals surface area contributed by atoms with Crippen molar-refractivity contribution in [1.82, 2.24) is 14.8 Å². The molecule has 3 aromatic rings. The Morgan fingerprint density at radius 2 is 1.69 bits per heavy atom. The topological polar surface area (TPSA) is 59.8 Å². The summed E-state index contributed by atoms with van der Waals surface area (Å²) in [6.07, 6.45) is 0. The molecule has 0 bridgehead atoms. The summed E-state index contributed by atoms with van der Waals surface area (Å²) in [5.41, 5.74) is 1.45. The first-order valence-corrected chi connectivity index (χ1v) is 9.58. The Bertz CT molecular complexity index is 923. The number of hydrogen-bond donors (Lipinski definition) is 1. The molecule has 0 aliphatic carbocycles. The van der Waals surface area contributed by atoms with Gasteiger partial charge in [-0.25, -0.2) is 0 Å². The molecule has 1 amide bonds. The number of benzene rings is 2. The highest BCUT2D eigenvalue weighted by atomic mass is 35.5. The van der Waals surface area contributed by atoms with Gasteiger partial charge in [-0.15, -0.1) is 10.2 Å². The summed E-state index contributed by atoms with van der Waals surface area (Å²) in [5.74, 6) is 0.687. The second-order valence-electron chi connectivity index (χ2n) is 5.37. The van der Waals surface area contributed by atoms with E-state index in [1.165, 1.54) is 11.8 Å². The molecule has 0 unspecified atom stereocenters. The molecular weight excluding hydrogens is 415 g/mol. The van der Waals surface area contributed by atoms with Gasteiger partial charge in [0.2, 0.25) is 5.91 Å². The molecule has 0 atom stereocenters. The van der Waals surface area contributed by atoms with Crippen LogP contribution in [0, 0.1) is 0 Å². The average molecular weight is 428 g/mol. The molecule has 1 heterocycles. The smallest absolute Gasteiger partial charge is 0.234 e. The lowest BCUT2D eigenvalue weighted by Gasteiger charge is -2.07. The standard InChI is InChI=1S/C17H13Cl3N4OS/c1-24-16(10-2-4-11(18)5-3-10)22-23-17(24)26-9-15(25)21-14-7-12(19)6-13(20)8-14/h2-8H,9H2,1H3,(H,21,25). The first-order chi connectivity index (χ1) is 12.4. The van der Waals surface area contributed by atoms with E-state index < -0.39 is 0 Å². The van der Waals surface area contributed by atoms with Gasteiger partial charge in [-0.3, -0.25) is 4.79 Å². The lowest BCUT2D eigenvalue weighted by atomic mass is 10.2. The Morgan fingerprint density at radius 3 is 2.35 bits per heavy atom. The molecule has 0 radical (unpaired) electrons. The quantitative estimate of drug-likeness (QED) is 0.570. The SMILES string of the molecule is Cn1c(SCC(=O)Nc2cc(Cl)cc(Cl)c2)nnc1-c1ccc(Cl)cc1. The van der Waals surface area contributed by atoms with Gasteiger partial charge in [0, 0.05) is 33.4 Å².